The fourth-order valence-electron chi connectivity index (χ4n) is 1.15. The number of halogens is 1. The minimum Gasteiger partial charge on any atom is -0.482 e. The second kappa shape index (κ2) is 5.75. The molecule has 0 saturated heterocycles. The van der Waals surface area contributed by atoms with E-state index in [1.54, 1.807) is 0 Å². The van der Waals surface area contributed by atoms with Crippen molar-refractivity contribution >= 4 is 21.9 Å². The van der Waals surface area contributed by atoms with Gasteiger partial charge in [0.25, 0.3) is 0 Å². The zero-order chi connectivity index (χ0) is 11.3. The number of aryl methyl sites for hydroxylation is 1. The Bertz CT molecular complexity index is 350. The van der Waals surface area contributed by atoms with Crippen LogP contribution in [0.15, 0.2) is 18.2 Å². The number of esters is 1. The van der Waals surface area contributed by atoms with Crippen LogP contribution in [-0.4, -0.2) is 19.7 Å². The molecule has 0 spiro atoms. The minimum absolute atomic E-state index is 0.0506. The molecule has 0 bridgehead atoms. The third-order valence-electron chi connectivity index (χ3n) is 1.97. The van der Waals surface area contributed by atoms with E-state index in [0.717, 1.165) is 10.9 Å². The first-order chi connectivity index (χ1) is 7.17. The van der Waals surface area contributed by atoms with Gasteiger partial charge >= 0.3 is 5.97 Å². The van der Waals surface area contributed by atoms with Crippen molar-refractivity contribution in [1.29, 1.82) is 0 Å². The van der Waals surface area contributed by atoms with Crippen molar-refractivity contribution in [2.45, 2.75) is 12.3 Å². The molecule has 82 valence electrons. The van der Waals surface area contributed by atoms with E-state index in [2.05, 4.69) is 20.7 Å². The highest BCUT2D eigenvalue weighted by Crippen LogP contribution is 2.20. The average molecular weight is 273 g/mol. The Morgan fingerprint density at radius 2 is 2.20 bits per heavy atom. The van der Waals surface area contributed by atoms with Gasteiger partial charge in [-0.25, -0.2) is 4.79 Å². The van der Waals surface area contributed by atoms with Gasteiger partial charge in [-0.3, -0.25) is 0 Å². The second-order valence-corrected chi connectivity index (χ2v) is 3.66. The minimum atomic E-state index is -0.376. The monoisotopic (exact) mass is 272 g/mol. The van der Waals surface area contributed by atoms with Crippen LogP contribution in [0.25, 0.3) is 0 Å². The third kappa shape index (κ3) is 3.55. The predicted molar refractivity (Wildman–Crippen MR) is 61.3 cm³/mol. The summed E-state index contributed by atoms with van der Waals surface area (Å²) in [6.45, 7) is 1.89. The molecule has 1 rings (SSSR count). The van der Waals surface area contributed by atoms with Gasteiger partial charge in [0.05, 0.1) is 7.11 Å². The molecule has 3 nitrogen and oxygen atoms in total. The van der Waals surface area contributed by atoms with Crippen LogP contribution in [0.4, 0.5) is 0 Å². The molecule has 0 atom stereocenters. The van der Waals surface area contributed by atoms with Gasteiger partial charge in [0.1, 0.15) is 5.75 Å². The van der Waals surface area contributed by atoms with Crippen molar-refractivity contribution in [2.24, 2.45) is 0 Å². The van der Waals surface area contributed by atoms with Crippen LogP contribution in [0.5, 0.6) is 5.75 Å². The normalized spacial score (nSPS) is 9.80. The molecule has 0 aliphatic carbocycles. The van der Waals surface area contributed by atoms with Crippen molar-refractivity contribution in [2.75, 3.05) is 13.7 Å². The highest BCUT2D eigenvalue weighted by molar-refractivity contribution is 9.08. The van der Waals surface area contributed by atoms with E-state index in [1.807, 2.05) is 25.1 Å². The third-order valence-corrected chi connectivity index (χ3v) is 2.61. The second-order valence-electron chi connectivity index (χ2n) is 3.10. The maximum Gasteiger partial charge on any atom is 0.343 e. The Morgan fingerprint density at radius 1 is 1.47 bits per heavy atom. The Kier molecular flexibility index (Phi) is 4.62. The maximum absolute atomic E-state index is 10.9. The Labute approximate surface area is 97.5 Å². The largest absolute Gasteiger partial charge is 0.482 e. The molecule has 0 unspecified atom stereocenters. The molecule has 0 radical (unpaired) electrons. The van der Waals surface area contributed by atoms with E-state index in [-0.39, 0.29) is 12.6 Å². The van der Waals surface area contributed by atoms with Gasteiger partial charge in [-0.1, -0.05) is 28.1 Å². The van der Waals surface area contributed by atoms with Gasteiger partial charge in [-0.2, -0.15) is 0 Å². The lowest BCUT2D eigenvalue weighted by molar-refractivity contribution is -0.142. The number of methoxy groups -OCH3 is 1. The molecule has 0 fully saturated rings. The first-order valence-electron chi connectivity index (χ1n) is 4.52. The number of carbonyl (C=O) groups is 1. The Morgan fingerprint density at radius 3 is 2.73 bits per heavy atom. The first-order valence-corrected chi connectivity index (χ1v) is 5.64. The molecule has 0 heterocycles. The van der Waals surface area contributed by atoms with E-state index in [9.17, 15) is 4.79 Å². The summed E-state index contributed by atoms with van der Waals surface area (Å²) in [6.07, 6.45) is 0. The molecule has 1 aromatic rings. The van der Waals surface area contributed by atoms with Gasteiger partial charge in [-0.15, -0.1) is 0 Å². The summed E-state index contributed by atoms with van der Waals surface area (Å²) in [5.74, 6) is 0.337. The molecule has 0 aliphatic heterocycles. The van der Waals surface area contributed by atoms with Gasteiger partial charge < -0.3 is 9.47 Å². The van der Waals surface area contributed by atoms with Crippen LogP contribution in [0.1, 0.15) is 11.1 Å². The lowest BCUT2D eigenvalue weighted by Crippen LogP contribution is -2.13. The number of alkyl halides is 1. The zero-order valence-electron chi connectivity index (χ0n) is 8.75. The summed E-state index contributed by atoms with van der Waals surface area (Å²) in [5, 5.41) is 0.811. The number of ether oxygens (including phenoxy) is 2. The smallest absolute Gasteiger partial charge is 0.343 e. The van der Waals surface area contributed by atoms with E-state index in [4.69, 9.17) is 4.74 Å². The molecule has 0 aliphatic rings. The molecule has 0 amide bonds. The van der Waals surface area contributed by atoms with Gasteiger partial charge in [0, 0.05) is 5.33 Å². The SMILES string of the molecule is COC(=O)COc1ccc(CBr)cc1C. The van der Waals surface area contributed by atoms with E-state index >= 15 is 0 Å². The van der Waals surface area contributed by atoms with E-state index < -0.39 is 0 Å². The molecule has 0 saturated carbocycles. The van der Waals surface area contributed by atoms with E-state index in [1.165, 1.54) is 12.7 Å². The van der Waals surface area contributed by atoms with Crippen molar-refractivity contribution in [3.05, 3.63) is 29.3 Å². The molecule has 1 aromatic carbocycles. The molecular weight excluding hydrogens is 260 g/mol. The summed E-state index contributed by atoms with van der Waals surface area (Å²) in [4.78, 5) is 10.9. The highest BCUT2D eigenvalue weighted by atomic mass is 79.9. The van der Waals surface area contributed by atoms with Crippen LogP contribution in [0.3, 0.4) is 0 Å². The fourth-order valence-corrected chi connectivity index (χ4v) is 1.50. The van der Waals surface area contributed by atoms with Gasteiger partial charge in [-0.05, 0) is 24.1 Å². The van der Waals surface area contributed by atoms with Crippen molar-refractivity contribution < 1.29 is 14.3 Å². The van der Waals surface area contributed by atoms with Crippen LogP contribution < -0.4 is 4.74 Å². The topological polar surface area (TPSA) is 35.5 Å². The van der Waals surface area contributed by atoms with Crippen molar-refractivity contribution in [3.8, 4) is 5.75 Å². The summed E-state index contributed by atoms with van der Waals surface area (Å²) in [6, 6.07) is 5.82. The lowest BCUT2D eigenvalue weighted by Gasteiger charge is -2.08. The maximum atomic E-state index is 10.9. The molecule has 0 aromatic heterocycles. The predicted octanol–water partition coefficient (Wildman–Crippen LogP) is 2.44. The van der Waals surface area contributed by atoms with Crippen molar-refractivity contribution in [1.82, 2.24) is 0 Å². The molecular formula is C11H13BrO3. The molecule has 4 heteroatoms. The standard InChI is InChI=1S/C11H13BrO3/c1-8-5-9(6-12)3-4-10(8)15-7-11(13)14-2/h3-5H,6-7H2,1-2H3. The Balaban J connectivity index is 2.66. The van der Waals surface area contributed by atoms with Gasteiger partial charge in [0.15, 0.2) is 6.61 Å². The number of hydrogen-bond acceptors (Lipinski definition) is 3. The summed E-state index contributed by atoms with van der Waals surface area (Å²) in [7, 11) is 1.34. The van der Waals surface area contributed by atoms with Gasteiger partial charge in [0.2, 0.25) is 0 Å². The fraction of sp³-hybridized carbons (Fsp3) is 0.364. The van der Waals surface area contributed by atoms with Crippen LogP contribution in [0.2, 0.25) is 0 Å². The average Bonchev–Trinajstić information content (AvgIpc) is 2.26. The van der Waals surface area contributed by atoms with Crippen LogP contribution >= 0.6 is 15.9 Å². The number of rotatable bonds is 4. The summed E-state index contributed by atoms with van der Waals surface area (Å²) in [5.41, 5.74) is 2.19. The molecule has 0 N–H and O–H groups in total. The lowest BCUT2D eigenvalue weighted by atomic mass is 10.1. The summed E-state index contributed by atoms with van der Waals surface area (Å²) >= 11 is 3.37. The highest BCUT2D eigenvalue weighted by Gasteiger charge is 2.04. The number of benzene rings is 1. The first kappa shape index (κ1) is 12.0. The number of hydrogen-bond donors (Lipinski definition) is 0. The number of carbonyl (C=O) groups excluding carboxylic acids is 1. The van der Waals surface area contributed by atoms with Crippen LogP contribution in [-0.2, 0) is 14.9 Å². The summed E-state index contributed by atoms with van der Waals surface area (Å²) < 4.78 is 9.78. The zero-order valence-corrected chi connectivity index (χ0v) is 10.3. The quantitative estimate of drug-likeness (QED) is 0.624. The Hall–Kier alpha value is -1.03. The van der Waals surface area contributed by atoms with Crippen LogP contribution in [0, 0.1) is 6.92 Å². The molecule has 15 heavy (non-hydrogen) atoms. The van der Waals surface area contributed by atoms with E-state index in [0.29, 0.717) is 5.75 Å². The van der Waals surface area contributed by atoms with Crippen molar-refractivity contribution in [3.63, 3.8) is 0 Å².